The largest absolute Gasteiger partial charge is 0.329 e. The van der Waals surface area contributed by atoms with E-state index in [0.717, 1.165) is 31.5 Å². The van der Waals surface area contributed by atoms with Crippen molar-refractivity contribution in [3.63, 3.8) is 0 Å². The van der Waals surface area contributed by atoms with Crippen molar-refractivity contribution in [1.82, 2.24) is 5.32 Å². The molecule has 0 spiro atoms. The summed E-state index contributed by atoms with van der Waals surface area (Å²) < 4.78 is 0. The van der Waals surface area contributed by atoms with E-state index in [4.69, 9.17) is 5.73 Å². The Kier molecular flexibility index (Phi) is 7.51. The predicted molar refractivity (Wildman–Crippen MR) is 55.2 cm³/mol. The van der Waals surface area contributed by atoms with Gasteiger partial charge in [0.25, 0.3) is 0 Å². The van der Waals surface area contributed by atoms with E-state index >= 15 is 0 Å². The second-order valence-electron chi connectivity index (χ2n) is 3.79. The van der Waals surface area contributed by atoms with E-state index in [9.17, 15) is 0 Å². The van der Waals surface area contributed by atoms with Crippen LogP contribution in [0.2, 0.25) is 0 Å². The van der Waals surface area contributed by atoms with E-state index in [-0.39, 0.29) is 0 Å². The average molecular weight is 172 g/mol. The predicted octanol–water partition coefficient (Wildman–Crippen LogP) is 1.61. The maximum Gasteiger partial charge on any atom is 0.00746 e. The van der Waals surface area contributed by atoms with Gasteiger partial charge in [-0.05, 0) is 24.8 Å². The van der Waals surface area contributed by atoms with Crippen molar-refractivity contribution in [3.8, 4) is 0 Å². The van der Waals surface area contributed by atoms with Crippen LogP contribution in [0.1, 0.15) is 33.6 Å². The Hall–Kier alpha value is -0.0800. The first kappa shape index (κ1) is 11.9. The highest BCUT2D eigenvalue weighted by atomic mass is 14.9. The first-order valence-corrected chi connectivity index (χ1v) is 5.13. The molecule has 0 aliphatic rings. The zero-order chi connectivity index (χ0) is 9.40. The highest BCUT2D eigenvalue weighted by Crippen LogP contribution is 2.15. The van der Waals surface area contributed by atoms with Gasteiger partial charge in [0.2, 0.25) is 0 Å². The van der Waals surface area contributed by atoms with Gasteiger partial charge in [-0.1, -0.05) is 27.2 Å². The zero-order valence-corrected chi connectivity index (χ0v) is 8.77. The molecule has 0 aromatic carbocycles. The van der Waals surface area contributed by atoms with Crippen molar-refractivity contribution in [2.75, 3.05) is 19.6 Å². The second kappa shape index (κ2) is 7.56. The molecular formula is C10H24N2. The van der Waals surface area contributed by atoms with Crippen molar-refractivity contribution < 1.29 is 0 Å². The number of hydrogen-bond donors (Lipinski definition) is 2. The van der Waals surface area contributed by atoms with Crippen LogP contribution < -0.4 is 11.1 Å². The molecule has 12 heavy (non-hydrogen) atoms. The van der Waals surface area contributed by atoms with Crippen molar-refractivity contribution in [2.45, 2.75) is 33.6 Å². The summed E-state index contributed by atoms with van der Waals surface area (Å²) in [5.74, 6) is 1.61. The lowest BCUT2D eigenvalue weighted by atomic mass is 9.91. The minimum atomic E-state index is 0.747. The molecule has 1 atom stereocenters. The first-order valence-electron chi connectivity index (χ1n) is 5.13. The van der Waals surface area contributed by atoms with Gasteiger partial charge in [-0.3, -0.25) is 0 Å². The van der Waals surface area contributed by atoms with E-state index in [2.05, 4.69) is 26.1 Å². The van der Waals surface area contributed by atoms with E-state index in [0.29, 0.717) is 0 Å². The summed E-state index contributed by atoms with van der Waals surface area (Å²) in [6, 6.07) is 0. The van der Waals surface area contributed by atoms with Gasteiger partial charge in [0.1, 0.15) is 0 Å². The molecule has 0 unspecified atom stereocenters. The number of nitrogens with one attached hydrogen (secondary N) is 1. The van der Waals surface area contributed by atoms with Crippen LogP contribution in [0, 0.1) is 11.8 Å². The fraction of sp³-hybridized carbons (Fsp3) is 1.00. The molecular weight excluding hydrogens is 148 g/mol. The lowest BCUT2D eigenvalue weighted by Gasteiger charge is -2.20. The Morgan fingerprint density at radius 1 is 1.33 bits per heavy atom. The van der Waals surface area contributed by atoms with E-state index in [1.165, 1.54) is 12.8 Å². The van der Waals surface area contributed by atoms with Crippen molar-refractivity contribution >= 4 is 0 Å². The standard InChI is InChI=1S/C10H24N2/c1-4-5-10(9(2)3)8-12-7-6-11/h9-10,12H,4-8,11H2,1-3H3/t10-/m0/s1. The van der Waals surface area contributed by atoms with Crippen molar-refractivity contribution in [1.29, 1.82) is 0 Å². The van der Waals surface area contributed by atoms with Crippen LogP contribution in [0.5, 0.6) is 0 Å². The Bertz CT molecular complexity index is 91.8. The lowest BCUT2D eigenvalue weighted by molar-refractivity contribution is 0.339. The Balaban J connectivity index is 3.49. The molecule has 2 nitrogen and oxygen atoms in total. The molecule has 0 amide bonds. The van der Waals surface area contributed by atoms with Crippen molar-refractivity contribution in [3.05, 3.63) is 0 Å². The second-order valence-corrected chi connectivity index (χ2v) is 3.79. The molecule has 74 valence electrons. The van der Waals surface area contributed by atoms with Gasteiger partial charge in [0, 0.05) is 13.1 Å². The van der Waals surface area contributed by atoms with Crippen molar-refractivity contribution in [2.24, 2.45) is 17.6 Å². The molecule has 0 fully saturated rings. The Morgan fingerprint density at radius 2 is 2.00 bits per heavy atom. The third-order valence-corrected chi connectivity index (χ3v) is 2.33. The monoisotopic (exact) mass is 172 g/mol. The molecule has 0 saturated carbocycles. The van der Waals surface area contributed by atoms with Crippen LogP contribution in [-0.4, -0.2) is 19.6 Å². The fourth-order valence-electron chi connectivity index (χ4n) is 1.43. The molecule has 0 aromatic rings. The SMILES string of the molecule is CCC[C@@H](CNCCN)C(C)C. The fourth-order valence-corrected chi connectivity index (χ4v) is 1.43. The van der Waals surface area contributed by atoms with Gasteiger partial charge >= 0.3 is 0 Å². The average Bonchev–Trinajstić information content (AvgIpc) is 2.03. The van der Waals surface area contributed by atoms with Crippen LogP contribution >= 0.6 is 0 Å². The molecule has 0 radical (unpaired) electrons. The van der Waals surface area contributed by atoms with E-state index < -0.39 is 0 Å². The maximum absolute atomic E-state index is 5.40. The first-order chi connectivity index (χ1) is 5.72. The summed E-state index contributed by atoms with van der Waals surface area (Å²) >= 11 is 0. The van der Waals surface area contributed by atoms with Crippen LogP contribution in [0.15, 0.2) is 0 Å². The highest BCUT2D eigenvalue weighted by Gasteiger charge is 2.10. The molecule has 0 saturated heterocycles. The molecule has 0 aliphatic heterocycles. The molecule has 2 heteroatoms. The molecule has 3 N–H and O–H groups in total. The minimum Gasteiger partial charge on any atom is -0.329 e. The quantitative estimate of drug-likeness (QED) is 0.573. The molecule has 0 rings (SSSR count). The van der Waals surface area contributed by atoms with Crippen LogP contribution in [0.25, 0.3) is 0 Å². The third-order valence-electron chi connectivity index (χ3n) is 2.33. The van der Waals surface area contributed by atoms with E-state index in [1.807, 2.05) is 0 Å². The number of rotatable bonds is 7. The smallest absolute Gasteiger partial charge is 0.00746 e. The number of nitrogens with two attached hydrogens (primary N) is 1. The van der Waals surface area contributed by atoms with Gasteiger partial charge in [-0.15, -0.1) is 0 Å². The summed E-state index contributed by atoms with van der Waals surface area (Å²) in [6.07, 6.45) is 2.61. The molecule has 0 aromatic heterocycles. The topological polar surface area (TPSA) is 38.0 Å². The minimum absolute atomic E-state index is 0.747. The molecule has 0 heterocycles. The lowest BCUT2D eigenvalue weighted by Crippen LogP contribution is -2.30. The normalized spacial score (nSPS) is 13.8. The summed E-state index contributed by atoms with van der Waals surface area (Å²) in [6.45, 7) is 9.67. The number of hydrogen-bond acceptors (Lipinski definition) is 2. The van der Waals surface area contributed by atoms with E-state index in [1.54, 1.807) is 0 Å². The van der Waals surface area contributed by atoms with Gasteiger partial charge in [-0.25, -0.2) is 0 Å². The highest BCUT2D eigenvalue weighted by molar-refractivity contribution is 4.65. The third kappa shape index (κ3) is 5.56. The van der Waals surface area contributed by atoms with Gasteiger partial charge in [-0.2, -0.15) is 0 Å². The van der Waals surface area contributed by atoms with Crippen LogP contribution in [-0.2, 0) is 0 Å². The van der Waals surface area contributed by atoms with Crippen LogP contribution in [0.4, 0.5) is 0 Å². The Labute approximate surface area is 76.9 Å². The summed E-state index contributed by atoms with van der Waals surface area (Å²) in [7, 11) is 0. The van der Waals surface area contributed by atoms with Gasteiger partial charge in [0.05, 0.1) is 0 Å². The summed E-state index contributed by atoms with van der Waals surface area (Å²) in [4.78, 5) is 0. The molecule has 0 bridgehead atoms. The molecule has 0 aliphatic carbocycles. The Morgan fingerprint density at radius 3 is 2.42 bits per heavy atom. The zero-order valence-electron chi connectivity index (χ0n) is 8.77. The summed E-state index contributed by atoms with van der Waals surface area (Å²) in [5, 5.41) is 3.38. The van der Waals surface area contributed by atoms with Crippen LogP contribution in [0.3, 0.4) is 0 Å². The maximum atomic E-state index is 5.40. The van der Waals surface area contributed by atoms with Gasteiger partial charge < -0.3 is 11.1 Å². The summed E-state index contributed by atoms with van der Waals surface area (Å²) in [5.41, 5.74) is 5.40. The van der Waals surface area contributed by atoms with Gasteiger partial charge in [0.15, 0.2) is 0 Å².